The predicted octanol–water partition coefficient (Wildman–Crippen LogP) is 3.18. The molecule has 0 spiro atoms. The van der Waals surface area contributed by atoms with E-state index in [-0.39, 0.29) is 6.04 Å². The standard InChI is InChI=1S/C16H17F2NO/c1-11(19-10-12-5-3-2-4-6-12)16(20)13-7-8-14(17)15(18)9-13/h2-9,11,16,19-20H,10H2,1H3. The Hall–Kier alpha value is -1.78. The van der Waals surface area contributed by atoms with Crippen molar-refractivity contribution in [2.24, 2.45) is 0 Å². The maximum atomic E-state index is 13.1. The summed E-state index contributed by atoms with van der Waals surface area (Å²) in [5.41, 5.74) is 1.45. The summed E-state index contributed by atoms with van der Waals surface area (Å²) < 4.78 is 26.0. The number of aliphatic hydroxyl groups excluding tert-OH is 1. The fraction of sp³-hybridized carbons (Fsp3) is 0.250. The summed E-state index contributed by atoms with van der Waals surface area (Å²) in [6.45, 7) is 2.40. The van der Waals surface area contributed by atoms with Gasteiger partial charge in [0.15, 0.2) is 11.6 Å². The summed E-state index contributed by atoms with van der Waals surface area (Å²) in [5.74, 6) is -1.86. The van der Waals surface area contributed by atoms with Gasteiger partial charge in [-0.2, -0.15) is 0 Å². The number of halogens is 2. The highest BCUT2D eigenvalue weighted by molar-refractivity contribution is 5.21. The first-order chi connectivity index (χ1) is 9.58. The van der Waals surface area contributed by atoms with Crippen molar-refractivity contribution in [1.82, 2.24) is 5.32 Å². The second-order valence-corrected chi connectivity index (χ2v) is 4.77. The molecule has 0 fully saturated rings. The maximum absolute atomic E-state index is 13.1. The molecular weight excluding hydrogens is 260 g/mol. The minimum absolute atomic E-state index is 0.278. The van der Waals surface area contributed by atoms with Crippen LogP contribution in [0.4, 0.5) is 8.78 Å². The van der Waals surface area contributed by atoms with E-state index >= 15 is 0 Å². The van der Waals surface area contributed by atoms with Gasteiger partial charge in [0.2, 0.25) is 0 Å². The Labute approximate surface area is 117 Å². The van der Waals surface area contributed by atoms with E-state index < -0.39 is 17.7 Å². The van der Waals surface area contributed by atoms with Crippen molar-refractivity contribution in [3.8, 4) is 0 Å². The Bertz CT molecular complexity index is 560. The van der Waals surface area contributed by atoms with Gasteiger partial charge in [-0.15, -0.1) is 0 Å². The lowest BCUT2D eigenvalue weighted by Gasteiger charge is -2.21. The zero-order valence-electron chi connectivity index (χ0n) is 11.2. The van der Waals surface area contributed by atoms with Crippen molar-refractivity contribution in [3.63, 3.8) is 0 Å². The van der Waals surface area contributed by atoms with Gasteiger partial charge in [-0.3, -0.25) is 0 Å². The number of hydrogen-bond donors (Lipinski definition) is 2. The number of benzene rings is 2. The molecule has 0 aromatic heterocycles. The topological polar surface area (TPSA) is 32.3 Å². The van der Waals surface area contributed by atoms with Gasteiger partial charge in [-0.25, -0.2) is 8.78 Å². The normalized spacial score (nSPS) is 14.0. The molecule has 0 radical (unpaired) electrons. The first kappa shape index (κ1) is 14.6. The van der Waals surface area contributed by atoms with Gasteiger partial charge in [0, 0.05) is 12.6 Å². The van der Waals surface area contributed by atoms with Gasteiger partial charge in [-0.1, -0.05) is 36.4 Å². The van der Waals surface area contributed by atoms with Gasteiger partial charge in [0.25, 0.3) is 0 Å². The summed E-state index contributed by atoms with van der Waals surface area (Å²) in [5, 5.41) is 13.3. The van der Waals surface area contributed by atoms with Crippen LogP contribution < -0.4 is 5.32 Å². The van der Waals surface area contributed by atoms with E-state index in [0.29, 0.717) is 12.1 Å². The molecule has 4 heteroatoms. The largest absolute Gasteiger partial charge is 0.387 e. The molecule has 0 aliphatic carbocycles. The van der Waals surface area contributed by atoms with Crippen LogP contribution >= 0.6 is 0 Å². The second kappa shape index (κ2) is 6.59. The van der Waals surface area contributed by atoms with Crippen LogP contribution in [-0.2, 0) is 6.54 Å². The van der Waals surface area contributed by atoms with Crippen LogP contribution in [0.5, 0.6) is 0 Å². The summed E-state index contributed by atoms with van der Waals surface area (Å²) in [4.78, 5) is 0. The van der Waals surface area contributed by atoms with Gasteiger partial charge in [-0.05, 0) is 30.2 Å². The summed E-state index contributed by atoms with van der Waals surface area (Å²) in [6, 6.07) is 12.9. The minimum atomic E-state index is -0.947. The predicted molar refractivity (Wildman–Crippen MR) is 74.1 cm³/mol. The van der Waals surface area contributed by atoms with Gasteiger partial charge >= 0.3 is 0 Å². The first-order valence-corrected chi connectivity index (χ1v) is 6.48. The van der Waals surface area contributed by atoms with E-state index in [9.17, 15) is 13.9 Å². The maximum Gasteiger partial charge on any atom is 0.159 e. The van der Waals surface area contributed by atoms with E-state index in [1.165, 1.54) is 6.07 Å². The molecule has 2 unspecified atom stereocenters. The van der Waals surface area contributed by atoms with Crippen LogP contribution in [0.3, 0.4) is 0 Å². The van der Waals surface area contributed by atoms with E-state index in [4.69, 9.17) is 0 Å². The van der Waals surface area contributed by atoms with Crippen molar-refractivity contribution in [2.45, 2.75) is 25.6 Å². The third-order valence-electron chi connectivity index (χ3n) is 3.23. The van der Waals surface area contributed by atoms with Crippen molar-refractivity contribution in [3.05, 3.63) is 71.3 Å². The Balaban J connectivity index is 1.97. The molecule has 106 valence electrons. The molecule has 0 bridgehead atoms. The smallest absolute Gasteiger partial charge is 0.159 e. The second-order valence-electron chi connectivity index (χ2n) is 4.77. The lowest BCUT2D eigenvalue weighted by atomic mass is 10.0. The van der Waals surface area contributed by atoms with E-state index in [1.807, 2.05) is 30.3 Å². The highest BCUT2D eigenvalue weighted by Crippen LogP contribution is 2.19. The number of aliphatic hydroxyl groups is 1. The Morgan fingerprint density at radius 2 is 1.75 bits per heavy atom. The third kappa shape index (κ3) is 3.62. The molecule has 2 rings (SSSR count). The lowest BCUT2D eigenvalue weighted by molar-refractivity contribution is 0.135. The fourth-order valence-electron chi connectivity index (χ4n) is 1.97. The first-order valence-electron chi connectivity index (χ1n) is 6.48. The minimum Gasteiger partial charge on any atom is -0.387 e. The van der Waals surface area contributed by atoms with E-state index in [2.05, 4.69) is 5.32 Å². The van der Waals surface area contributed by atoms with Crippen molar-refractivity contribution >= 4 is 0 Å². The summed E-state index contributed by atoms with van der Waals surface area (Å²) >= 11 is 0. The van der Waals surface area contributed by atoms with Crippen LogP contribution in [0.2, 0.25) is 0 Å². The molecule has 0 saturated carbocycles. The molecule has 20 heavy (non-hydrogen) atoms. The van der Waals surface area contributed by atoms with E-state index in [1.54, 1.807) is 6.92 Å². The number of rotatable bonds is 5. The van der Waals surface area contributed by atoms with Gasteiger partial charge in [0.05, 0.1) is 6.10 Å². The Morgan fingerprint density at radius 3 is 2.40 bits per heavy atom. The number of hydrogen-bond acceptors (Lipinski definition) is 2. The Kier molecular flexibility index (Phi) is 4.82. The van der Waals surface area contributed by atoms with Crippen LogP contribution in [-0.4, -0.2) is 11.1 Å². The molecule has 0 aliphatic rings. The molecular formula is C16H17F2NO. The zero-order valence-corrected chi connectivity index (χ0v) is 11.2. The molecule has 2 aromatic carbocycles. The SMILES string of the molecule is CC(NCc1ccccc1)C(O)c1ccc(F)c(F)c1. The number of nitrogens with one attached hydrogen (secondary N) is 1. The molecule has 2 nitrogen and oxygen atoms in total. The van der Waals surface area contributed by atoms with Crippen molar-refractivity contribution in [1.29, 1.82) is 0 Å². The van der Waals surface area contributed by atoms with Crippen LogP contribution in [0.1, 0.15) is 24.2 Å². The molecule has 0 heterocycles. The molecule has 0 saturated heterocycles. The summed E-state index contributed by atoms with van der Waals surface area (Å²) in [6.07, 6.45) is -0.895. The average molecular weight is 277 g/mol. The van der Waals surface area contributed by atoms with Gasteiger partial charge in [0.1, 0.15) is 0 Å². The molecule has 2 N–H and O–H groups in total. The van der Waals surface area contributed by atoms with Crippen LogP contribution in [0.25, 0.3) is 0 Å². The fourth-order valence-corrected chi connectivity index (χ4v) is 1.97. The zero-order chi connectivity index (χ0) is 14.5. The Morgan fingerprint density at radius 1 is 1.05 bits per heavy atom. The molecule has 0 aliphatic heterocycles. The van der Waals surface area contributed by atoms with Crippen LogP contribution in [0.15, 0.2) is 48.5 Å². The third-order valence-corrected chi connectivity index (χ3v) is 3.23. The average Bonchev–Trinajstić information content (AvgIpc) is 2.48. The monoisotopic (exact) mass is 277 g/mol. The van der Waals surface area contributed by atoms with Crippen LogP contribution in [0, 0.1) is 11.6 Å². The van der Waals surface area contributed by atoms with E-state index in [0.717, 1.165) is 17.7 Å². The quantitative estimate of drug-likeness (QED) is 0.879. The highest BCUT2D eigenvalue weighted by Gasteiger charge is 2.17. The molecule has 0 amide bonds. The van der Waals surface area contributed by atoms with Crippen molar-refractivity contribution in [2.75, 3.05) is 0 Å². The molecule has 2 atom stereocenters. The highest BCUT2D eigenvalue weighted by atomic mass is 19.2. The molecule has 2 aromatic rings. The van der Waals surface area contributed by atoms with Gasteiger partial charge < -0.3 is 10.4 Å². The summed E-state index contributed by atoms with van der Waals surface area (Å²) in [7, 11) is 0. The lowest BCUT2D eigenvalue weighted by Crippen LogP contribution is -2.31. The van der Waals surface area contributed by atoms with Crippen molar-refractivity contribution < 1.29 is 13.9 Å².